The Kier molecular flexibility index (Phi) is 69.8. The molecule has 18 nitrogen and oxygen atoms in total. The summed E-state index contributed by atoms with van der Waals surface area (Å²) in [5, 5.41) is 42.0. The highest BCUT2D eigenvalue weighted by Crippen LogP contribution is 2.18. The average molecular weight is 1230 g/mol. The Bertz CT molecular complexity index is 1460. The molecule has 6 N–H and O–H groups in total. The van der Waals surface area contributed by atoms with E-state index in [1.165, 1.54) is 44.9 Å². The van der Waals surface area contributed by atoms with E-state index in [1.54, 1.807) is 71.7 Å². The molecule has 0 spiro atoms. The van der Waals surface area contributed by atoms with Gasteiger partial charge in [0, 0.05) is 58.0 Å². The van der Waals surface area contributed by atoms with E-state index in [2.05, 4.69) is 48.2 Å². The first kappa shape index (κ1) is 82.6. The number of hydrogen-bond donors (Lipinski definition) is 6. The third-order valence-corrected chi connectivity index (χ3v) is 15.7. The van der Waals surface area contributed by atoms with E-state index in [1.807, 2.05) is 0 Å². The minimum Gasteiger partial charge on any atom is -0.481 e. The zero-order valence-electron chi connectivity index (χ0n) is 48.3. The van der Waals surface area contributed by atoms with Crippen molar-refractivity contribution in [1.82, 2.24) is 10.6 Å². The van der Waals surface area contributed by atoms with Gasteiger partial charge in [-0.15, -0.1) is 0 Å². The van der Waals surface area contributed by atoms with Crippen molar-refractivity contribution in [3.05, 3.63) is 0 Å². The third-order valence-electron chi connectivity index (χ3n) is 11.7. The number of ketones is 2. The number of carboxylic acid groups (broad SMARTS) is 4. The number of hydrogen-bond acceptors (Lipinski definition) is 18. The Balaban J connectivity index is -0.00000205. The maximum absolute atomic E-state index is 12.4. The summed E-state index contributed by atoms with van der Waals surface area (Å²) in [5.74, 6) is -7.07. The van der Waals surface area contributed by atoms with Crippen molar-refractivity contribution in [2.75, 3.05) is 103 Å². The summed E-state index contributed by atoms with van der Waals surface area (Å²) in [6.07, 6.45) is 29.9. The minimum absolute atomic E-state index is 0.00358. The van der Waals surface area contributed by atoms with Crippen LogP contribution in [0, 0.1) is 17.8 Å². The maximum atomic E-state index is 12.4. The number of Topliss-reactive ketones (excluding diaryl/α,β-unsaturated/α-hetero) is 2. The molecule has 2 amide bonds. The summed E-state index contributed by atoms with van der Waals surface area (Å²) >= 11 is 0. The first-order chi connectivity index (χ1) is 37.5. The van der Waals surface area contributed by atoms with Crippen LogP contribution in [0.1, 0.15) is 174 Å². The quantitative estimate of drug-likeness (QED) is 0.0244. The van der Waals surface area contributed by atoms with Gasteiger partial charge in [0.15, 0.2) is 0 Å². The molecule has 24 heteroatoms. The van der Waals surface area contributed by atoms with Crippen LogP contribution in [0.3, 0.4) is 0 Å². The number of aliphatic carboxylic acids is 4. The van der Waals surface area contributed by atoms with E-state index in [-0.39, 0.29) is 108 Å². The Morgan fingerprint density at radius 2 is 0.692 bits per heavy atom. The largest absolute Gasteiger partial charge is 0.481 e. The molecule has 0 aromatic rings. The Morgan fingerprint density at radius 3 is 1.05 bits per heavy atom. The van der Waals surface area contributed by atoms with Gasteiger partial charge in [0.2, 0.25) is 11.8 Å². The number of amides is 2. The first-order valence-corrected chi connectivity index (χ1v) is 36.4. The Morgan fingerprint density at radius 1 is 0.359 bits per heavy atom. The van der Waals surface area contributed by atoms with Crippen molar-refractivity contribution in [3.63, 3.8) is 0 Å². The van der Waals surface area contributed by atoms with E-state index in [4.69, 9.17) is 29.2 Å². The van der Waals surface area contributed by atoms with Crippen molar-refractivity contribution < 1.29 is 77.7 Å². The van der Waals surface area contributed by atoms with Gasteiger partial charge in [-0.2, -0.15) is 0 Å². The molecule has 0 saturated heterocycles. The molecule has 3 atom stereocenters. The number of carboxylic acids is 4. The second-order valence-corrected chi connectivity index (χ2v) is 26.1. The zero-order chi connectivity index (χ0) is 59.3. The second-order valence-electron chi connectivity index (χ2n) is 18.1. The van der Waals surface area contributed by atoms with Crippen LogP contribution in [0.15, 0.2) is 0 Å². The molecule has 0 fully saturated rings. The van der Waals surface area contributed by atoms with E-state index >= 15 is 0 Å². The number of unbranched alkanes of at least 4 members (excludes halogenated alkanes) is 14. The van der Waals surface area contributed by atoms with Crippen LogP contribution in [-0.4, -0.2) is 171 Å². The fourth-order valence-electron chi connectivity index (χ4n) is 7.02. The molecule has 0 heterocycles. The monoisotopic (exact) mass is 1230 g/mol. The van der Waals surface area contributed by atoms with Gasteiger partial charge in [-0.25, -0.2) is 0 Å². The number of ether oxygens (including phenoxy) is 4. The highest BCUT2D eigenvalue weighted by Gasteiger charge is 2.23. The molecule has 0 aromatic carbocycles. The van der Waals surface area contributed by atoms with E-state index < -0.39 is 41.6 Å². The van der Waals surface area contributed by atoms with Gasteiger partial charge in [-0.1, -0.05) is 155 Å². The molecular weight excluding hydrogens is 1120 g/mol. The van der Waals surface area contributed by atoms with Crippen molar-refractivity contribution in [2.45, 2.75) is 174 Å². The number of rotatable bonds is 53. The van der Waals surface area contributed by atoms with Crippen LogP contribution in [-0.2, 0) is 57.3 Å². The molecule has 0 saturated carbocycles. The summed E-state index contributed by atoms with van der Waals surface area (Å²) in [5.41, 5.74) is 0. The highest BCUT2D eigenvalue weighted by molar-refractivity contribution is 8.76. The molecule has 0 aliphatic rings. The zero-order valence-corrected chi connectivity index (χ0v) is 53.2. The number of carbonyl (C=O) groups excluding carboxylic acids is 4. The second kappa shape index (κ2) is 65.9. The van der Waals surface area contributed by atoms with Crippen molar-refractivity contribution in [2.24, 2.45) is 17.8 Å². The summed E-state index contributed by atoms with van der Waals surface area (Å²) in [6, 6.07) is 0. The van der Waals surface area contributed by atoms with Crippen molar-refractivity contribution >= 4 is 112 Å². The predicted molar refractivity (Wildman–Crippen MR) is 327 cm³/mol. The number of carbonyl (C=O) groups is 8. The van der Waals surface area contributed by atoms with Crippen LogP contribution in [0.2, 0.25) is 0 Å². The first-order valence-electron chi connectivity index (χ1n) is 27.5. The smallest absolute Gasteiger partial charge is 0.306 e. The molecule has 0 unspecified atom stereocenters. The van der Waals surface area contributed by atoms with E-state index in [9.17, 15) is 48.6 Å². The van der Waals surface area contributed by atoms with Crippen LogP contribution >= 0.6 is 64.8 Å². The lowest BCUT2D eigenvalue weighted by Crippen LogP contribution is -2.29. The maximum Gasteiger partial charge on any atom is 0.306 e. The Labute approximate surface area is 492 Å². The molecule has 0 aromatic heterocycles. The van der Waals surface area contributed by atoms with Crippen molar-refractivity contribution in [1.29, 1.82) is 0 Å². The molecular formula is C54H102N2O16S6. The van der Waals surface area contributed by atoms with Gasteiger partial charge in [-0.3, -0.25) is 38.4 Å². The van der Waals surface area contributed by atoms with Crippen LogP contribution in [0.4, 0.5) is 0 Å². The summed E-state index contributed by atoms with van der Waals surface area (Å²) in [4.78, 5) is 93.8. The third kappa shape index (κ3) is 68.4. The van der Waals surface area contributed by atoms with Gasteiger partial charge in [-0.05, 0) is 76.1 Å². The fourth-order valence-corrected chi connectivity index (χ4v) is 7.02. The van der Waals surface area contributed by atoms with Crippen LogP contribution < -0.4 is 10.6 Å². The van der Waals surface area contributed by atoms with Crippen LogP contribution in [0.5, 0.6) is 0 Å². The average Bonchev–Trinajstić information content (AvgIpc) is 3.41. The number of nitrogens with one attached hydrogen (secondary N) is 2. The molecule has 78 heavy (non-hydrogen) atoms. The van der Waals surface area contributed by atoms with E-state index in [0.29, 0.717) is 58.7 Å². The fraction of sp³-hybridized carbons (Fsp3) is 0.852. The standard InChI is InChI=1S/C48H84N2O16.3C2H6S2/c1-38(46(57)58)18-16-17-26-49-43(53)23-21-40(48(61)62)37-42(52)25-28-63-30-32-65-34-35-66-33-31-64-29-27-50-44(54)24-22-39(47(59)60)36-41(51)19-14-12-10-8-6-4-2-3-5-7-9-11-13-15-20-45(55)56;3*1-3-4-2/h38-40H,2-37H2,1H3,(H,49,53)(H,50,54)(H,55,56)(H,57,58)(H,59,60)(H,61,62);3*1-2H3/t38-,39+,40+;;;/m0.../s1. The van der Waals surface area contributed by atoms with Gasteiger partial charge in [0.05, 0.1) is 70.6 Å². The molecule has 0 bridgehead atoms. The molecule has 460 valence electrons. The van der Waals surface area contributed by atoms with E-state index in [0.717, 1.165) is 44.9 Å². The molecule has 0 radical (unpaired) electrons. The lowest BCUT2D eigenvalue weighted by atomic mass is 9.94. The van der Waals surface area contributed by atoms with Gasteiger partial charge in [0.25, 0.3) is 0 Å². The molecule has 0 aliphatic heterocycles. The lowest BCUT2D eigenvalue weighted by Gasteiger charge is -2.12. The normalized spacial score (nSPS) is 11.8. The molecule has 0 aliphatic carbocycles. The lowest BCUT2D eigenvalue weighted by molar-refractivity contribution is -0.145. The predicted octanol–water partition coefficient (Wildman–Crippen LogP) is 11.7. The topological polar surface area (TPSA) is 278 Å². The van der Waals surface area contributed by atoms with Crippen LogP contribution in [0.25, 0.3) is 0 Å². The summed E-state index contributed by atoms with van der Waals surface area (Å²) < 4.78 is 21.7. The highest BCUT2D eigenvalue weighted by atomic mass is 33.1. The minimum atomic E-state index is -1.14. The van der Waals surface area contributed by atoms with Crippen molar-refractivity contribution in [3.8, 4) is 0 Å². The van der Waals surface area contributed by atoms with Gasteiger partial charge >= 0.3 is 23.9 Å². The summed E-state index contributed by atoms with van der Waals surface area (Å²) in [6.45, 7) is 4.35. The van der Waals surface area contributed by atoms with Gasteiger partial charge < -0.3 is 50.0 Å². The summed E-state index contributed by atoms with van der Waals surface area (Å²) in [7, 11) is 10.6. The molecule has 0 rings (SSSR count). The van der Waals surface area contributed by atoms with Gasteiger partial charge in [0.1, 0.15) is 11.6 Å². The Hall–Kier alpha value is -1.90. The SMILES string of the molecule is CSSC.CSSC.CSSC.C[C@@H](CCCCNC(=O)CC[C@H](CC(=O)CCOCCOCCOCCOCCNC(=O)CC[C@H](CC(=O)CCCCCCCCCCCCCCCCC(=O)O)C(=O)O)C(=O)O)C(=O)O.